The highest BCUT2D eigenvalue weighted by Crippen LogP contribution is 2.21. The molecule has 3 aromatic rings. The molecule has 0 aliphatic carbocycles. The van der Waals surface area contributed by atoms with Crippen LogP contribution >= 0.6 is 0 Å². The lowest BCUT2D eigenvalue weighted by molar-refractivity contribution is 0.0517. The Labute approximate surface area is 157 Å². The Bertz CT molecular complexity index is 1040. The summed E-state index contributed by atoms with van der Waals surface area (Å²) < 4.78 is 60.6. The SMILES string of the molecule is CCOC(=O)c1cnc(C=Cc2c(F)ccc(F)c2F)n1-c1ccc(F)cc1. The molecule has 0 spiro atoms. The van der Waals surface area contributed by atoms with Gasteiger partial charge in [0.1, 0.15) is 17.5 Å². The molecule has 0 radical (unpaired) electrons. The van der Waals surface area contributed by atoms with Crippen molar-refractivity contribution in [1.29, 1.82) is 0 Å². The van der Waals surface area contributed by atoms with Crippen molar-refractivity contribution in [3.8, 4) is 5.69 Å². The zero-order chi connectivity index (χ0) is 20.3. The minimum atomic E-state index is -1.35. The molecule has 8 heteroatoms. The van der Waals surface area contributed by atoms with Crippen LogP contribution in [0.25, 0.3) is 17.8 Å². The smallest absolute Gasteiger partial charge is 0.356 e. The minimum absolute atomic E-state index is 0.0355. The van der Waals surface area contributed by atoms with Gasteiger partial charge in [-0.3, -0.25) is 4.57 Å². The molecule has 0 saturated heterocycles. The number of hydrogen-bond acceptors (Lipinski definition) is 3. The Morgan fingerprint density at radius 1 is 1.04 bits per heavy atom. The van der Waals surface area contributed by atoms with Crippen molar-refractivity contribution in [2.45, 2.75) is 6.92 Å². The van der Waals surface area contributed by atoms with Gasteiger partial charge in [0.2, 0.25) is 0 Å². The maximum atomic E-state index is 13.9. The molecule has 1 aromatic heterocycles. The van der Waals surface area contributed by atoms with E-state index in [0.29, 0.717) is 11.8 Å². The number of hydrogen-bond donors (Lipinski definition) is 0. The Balaban J connectivity index is 2.10. The molecular weight excluding hydrogens is 376 g/mol. The van der Waals surface area contributed by atoms with Crippen LogP contribution in [0.1, 0.15) is 28.8 Å². The monoisotopic (exact) mass is 390 g/mol. The maximum Gasteiger partial charge on any atom is 0.356 e. The summed E-state index contributed by atoms with van der Waals surface area (Å²) in [6, 6.07) is 6.66. The first-order chi connectivity index (χ1) is 13.4. The molecule has 0 amide bonds. The largest absolute Gasteiger partial charge is 0.461 e. The predicted molar refractivity (Wildman–Crippen MR) is 94.7 cm³/mol. The standard InChI is InChI=1S/C20H14F4N2O2/c1-2-28-20(27)17-11-25-18(26(17)13-5-3-12(21)4-6-13)10-7-14-15(22)8-9-16(23)19(14)24/h3-11H,2H2,1H3. The number of imidazole rings is 1. The van der Waals surface area contributed by atoms with Crippen LogP contribution in [0.4, 0.5) is 17.6 Å². The van der Waals surface area contributed by atoms with Gasteiger partial charge in [-0.15, -0.1) is 0 Å². The van der Waals surface area contributed by atoms with Gasteiger partial charge in [0.25, 0.3) is 0 Å². The number of aromatic nitrogens is 2. The van der Waals surface area contributed by atoms with Crippen molar-refractivity contribution in [1.82, 2.24) is 9.55 Å². The van der Waals surface area contributed by atoms with Crippen LogP contribution < -0.4 is 0 Å². The van der Waals surface area contributed by atoms with Gasteiger partial charge in [0, 0.05) is 11.3 Å². The second-order valence-electron chi connectivity index (χ2n) is 5.62. The molecule has 0 aliphatic heterocycles. The minimum Gasteiger partial charge on any atom is -0.461 e. The highest BCUT2D eigenvalue weighted by atomic mass is 19.2. The number of halogens is 4. The average Bonchev–Trinajstić information content (AvgIpc) is 3.10. The first-order valence-corrected chi connectivity index (χ1v) is 8.24. The van der Waals surface area contributed by atoms with E-state index in [0.717, 1.165) is 12.1 Å². The van der Waals surface area contributed by atoms with E-state index >= 15 is 0 Å². The van der Waals surface area contributed by atoms with E-state index in [9.17, 15) is 22.4 Å². The Morgan fingerprint density at radius 3 is 2.39 bits per heavy atom. The van der Waals surface area contributed by atoms with Gasteiger partial charge in [0.15, 0.2) is 17.3 Å². The molecule has 28 heavy (non-hydrogen) atoms. The summed E-state index contributed by atoms with van der Waals surface area (Å²) in [5, 5.41) is 0. The lowest BCUT2D eigenvalue weighted by atomic mass is 10.1. The molecule has 3 rings (SSSR count). The molecule has 4 nitrogen and oxygen atoms in total. The number of carbonyl (C=O) groups is 1. The van der Waals surface area contributed by atoms with Crippen LogP contribution in [0.15, 0.2) is 42.6 Å². The van der Waals surface area contributed by atoms with Crippen LogP contribution in [0.2, 0.25) is 0 Å². The first-order valence-electron chi connectivity index (χ1n) is 8.24. The summed E-state index contributed by atoms with van der Waals surface area (Å²) in [4.78, 5) is 16.3. The van der Waals surface area contributed by atoms with Gasteiger partial charge in [-0.25, -0.2) is 27.3 Å². The third kappa shape index (κ3) is 3.80. The summed E-state index contributed by atoms with van der Waals surface area (Å²) in [6.07, 6.45) is 3.44. The van der Waals surface area contributed by atoms with Crippen molar-refractivity contribution in [2.75, 3.05) is 6.61 Å². The molecule has 1 heterocycles. The third-order valence-electron chi connectivity index (χ3n) is 3.84. The van der Waals surface area contributed by atoms with Crippen LogP contribution in [0, 0.1) is 23.3 Å². The average molecular weight is 390 g/mol. The molecule has 2 aromatic carbocycles. The second kappa shape index (κ2) is 8.08. The van der Waals surface area contributed by atoms with Crippen LogP contribution in [0.5, 0.6) is 0 Å². The number of benzene rings is 2. The molecule has 0 fully saturated rings. The van der Waals surface area contributed by atoms with Crippen LogP contribution in [-0.4, -0.2) is 22.1 Å². The first kappa shape index (κ1) is 19.3. The van der Waals surface area contributed by atoms with E-state index < -0.39 is 34.8 Å². The van der Waals surface area contributed by atoms with E-state index in [1.165, 1.54) is 41.1 Å². The fourth-order valence-corrected chi connectivity index (χ4v) is 2.55. The fourth-order valence-electron chi connectivity index (χ4n) is 2.55. The van der Waals surface area contributed by atoms with Crippen molar-refractivity contribution in [2.24, 2.45) is 0 Å². The van der Waals surface area contributed by atoms with Crippen LogP contribution in [0.3, 0.4) is 0 Å². The maximum absolute atomic E-state index is 13.9. The summed E-state index contributed by atoms with van der Waals surface area (Å²) in [7, 11) is 0. The van der Waals surface area contributed by atoms with E-state index in [-0.39, 0.29) is 18.1 Å². The zero-order valence-electron chi connectivity index (χ0n) is 14.6. The topological polar surface area (TPSA) is 44.1 Å². The molecule has 0 N–H and O–H groups in total. The van der Waals surface area contributed by atoms with Crippen molar-refractivity contribution >= 4 is 18.1 Å². The van der Waals surface area contributed by atoms with Crippen LogP contribution in [-0.2, 0) is 4.74 Å². The Hall–Kier alpha value is -3.42. The lowest BCUT2D eigenvalue weighted by Crippen LogP contribution is -2.12. The zero-order valence-corrected chi connectivity index (χ0v) is 14.6. The normalized spacial score (nSPS) is 11.2. The quantitative estimate of drug-likeness (QED) is 0.358. The van der Waals surface area contributed by atoms with Gasteiger partial charge in [0.05, 0.1) is 12.8 Å². The number of ether oxygens (including phenoxy) is 1. The van der Waals surface area contributed by atoms with Gasteiger partial charge in [-0.2, -0.15) is 0 Å². The lowest BCUT2D eigenvalue weighted by Gasteiger charge is -2.10. The van der Waals surface area contributed by atoms with E-state index in [1.807, 2.05) is 0 Å². The number of nitrogens with zero attached hydrogens (tertiary/aromatic N) is 2. The highest BCUT2D eigenvalue weighted by molar-refractivity contribution is 5.89. The van der Waals surface area contributed by atoms with Crippen molar-refractivity contribution in [3.05, 3.63) is 82.9 Å². The second-order valence-corrected chi connectivity index (χ2v) is 5.62. The third-order valence-corrected chi connectivity index (χ3v) is 3.84. The van der Waals surface area contributed by atoms with Gasteiger partial charge in [-0.05, 0) is 55.5 Å². The Morgan fingerprint density at radius 2 is 1.71 bits per heavy atom. The highest BCUT2D eigenvalue weighted by Gasteiger charge is 2.18. The molecule has 0 unspecified atom stereocenters. The Kier molecular flexibility index (Phi) is 5.58. The molecule has 0 saturated carbocycles. The molecule has 144 valence electrons. The fraction of sp³-hybridized carbons (Fsp3) is 0.100. The van der Waals surface area contributed by atoms with Gasteiger partial charge >= 0.3 is 5.97 Å². The summed E-state index contributed by atoms with van der Waals surface area (Å²) in [5.74, 6) is -4.56. The van der Waals surface area contributed by atoms with Crippen molar-refractivity contribution in [3.63, 3.8) is 0 Å². The number of rotatable bonds is 5. The molecule has 0 atom stereocenters. The molecule has 0 bridgehead atoms. The van der Waals surface area contributed by atoms with E-state index in [4.69, 9.17) is 4.74 Å². The molecule has 0 aliphatic rings. The predicted octanol–water partition coefficient (Wildman–Crippen LogP) is 4.78. The number of esters is 1. The summed E-state index contributed by atoms with van der Waals surface area (Å²) >= 11 is 0. The van der Waals surface area contributed by atoms with E-state index in [2.05, 4.69) is 4.98 Å². The van der Waals surface area contributed by atoms with Crippen molar-refractivity contribution < 1.29 is 27.1 Å². The summed E-state index contributed by atoms with van der Waals surface area (Å²) in [5.41, 5.74) is -0.179. The van der Waals surface area contributed by atoms with E-state index in [1.54, 1.807) is 6.92 Å². The number of carbonyl (C=O) groups excluding carboxylic acids is 1. The molecular formula is C20H14F4N2O2. The summed E-state index contributed by atoms with van der Waals surface area (Å²) in [6.45, 7) is 1.76. The van der Waals surface area contributed by atoms with Gasteiger partial charge in [-0.1, -0.05) is 0 Å². The van der Waals surface area contributed by atoms with Gasteiger partial charge < -0.3 is 4.74 Å².